The summed E-state index contributed by atoms with van der Waals surface area (Å²) in [6, 6.07) is 8.95. The SMILES string of the molecule is CC(=O)NCC1CC2CCN1CC2c1cc(-c2ccc(F)cc2)nc(C)n1. The van der Waals surface area contributed by atoms with Crippen molar-refractivity contribution in [1.29, 1.82) is 0 Å². The van der Waals surface area contributed by atoms with Crippen LogP contribution in [0.25, 0.3) is 11.3 Å². The van der Waals surface area contributed by atoms with Crippen LogP contribution < -0.4 is 5.32 Å². The molecule has 0 spiro atoms. The zero-order valence-corrected chi connectivity index (χ0v) is 15.8. The molecule has 1 amide bonds. The van der Waals surface area contributed by atoms with E-state index in [0.29, 0.717) is 17.9 Å². The molecule has 5 nitrogen and oxygen atoms in total. The van der Waals surface area contributed by atoms with Crippen molar-refractivity contribution in [1.82, 2.24) is 20.2 Å². The van der Waals surface area contributed by atoms with Gasteiger partial charge in [0.2, 0.25) is 5.91 Å². The summed E-state index contributed by atoms with van der Waals surface area (Å²) in [7, 11) is 0. The third kappa shape index (κ3) is 3.86. The highest BCUT2D eigenvalue weighted by Crippen LogP contribution is 2.41. The van der Waals surface area contributed by atoms with E-state index in [1.807, 2.05) is 6.92 Å². The van der Waals surface area contributed by atoms with Gasteiger partial charge in [0.1, 0.15) is 11.6 Å². The van der Waals surface area contributed by atoms with Crippen LogP contribution in [0.4, 0.5) is 4.39 Å². The Kier molecular flexibility index (Phi) is 4.91. The predicted octanol–water partition coefficient (Wildman–Crippen LogP) is 2.91. The van der Waals surface area contributed by atoms with Crippen LogP contribution in [0.2, 0.25) is 0 Å². The standard InChI is InChI=1S/C21H25FN4O/c1-13-24-20(15-3-5-17(22)6-4-15)10-21(25-13)19-12-26-8-7-16(19)9-18(26)11-23-14(2)27/h3-6,10,16,18-19H,7-9,11-12H2,1-2H3,(H,23,27). The normalized spacial score (nSPS) is 26.8. The monoisotopic (exact) mass is 368 g/mol. The van der Waals surface area contributed by atoms with E-state index in [2.05, 4.69) is 21.3 Å². The summed E-state index contributed by atoms with van der Waals surface area (Å²) in [6.07, 6.45) is 2.25. The maximum absolute atomic E-state index is 13.2. The van der Waals surface area contributed by atoms with Gasteiger partial charge in [0.25, 0.3) is 0 Å². The topological polar surface area (TPSA) is 58.1 Å². The molecule has 3 saturated heterocycles. The number of rotatable bonds is 4. The van der Waals surface area contributed by atoms with Crippen molar-refractivity contribution in [2.45, 2.75) is 38.6 Å². The van der Waals surface area contributed by atoms with E-state index in [9.17, 15) is 9.18 Å². The molecule has 3 aliphatic heterocycles. The second-order valence-corrected chi connectivity index (χ2v) is 7.71. The lowest BCUT2D eigenvalue weighted by molar-refractivity contribution is -0.119. The van der Waals surface area contributed by atoms with Gasteiger partial charge in [-0.15, -0.1) is 0 Å². The number of halogens is 1. The van der Waals surface area contributed by atoms with Gasteiger partial charge in [-0.3, -0.25) is 9.69 Å². The lowest BCUT2D eigenvalue weighted by Crippen LogP contribution is -2.56. The van der Waals surface area contributed by atoms with Gasteiger partial charge in [0.15, 0.2) is 0 Å². The number of hydrogen-bond donors (Lipinski definition) is 1. The van der Waals surface area contributed by atoms with Crippen molar-refractivity contribution in [3.05, 3.63) is 47.7 Å². The first-order valence-corrected chi connectivity index (χ1v) is 9.59. The Bertz CT molecular complexity index is 839. The molecule has 0 radical (unpaired) electrons. The van der Waals surface area contributed by atoms with Crippen LogP contribution in [0.5, 0.6) is 0 Å². The van der Waals surface area contributed by atoms with Crippen molar-refractivity contribution < 1.29 is 9.18 Å². The minimum absolute atomic E-state index is 0.0320. The fourth-order valence-electron chi connectivity index (χ4n) is 4.50. The first-order chi connectivity index (χ1) is 13.0. The zero-order chi connectivity index (χ0) is 19.0. The van der Waals surface area contributed by atoms with E-state index in [0.717, 1.165) is 55.3 Å². The number of aromatic nitrogens is 2. The van der Waals surface area contributed by atoms with Gasteiger partial charge < -0.3 is 5.32 Å². The fourth-order valence-corrected chi connectivity index (χ4v) is 4.50. The van der Waals surface area contributed by atoms with E-state index in [1.54, 1.807) is 19.1 Å². The number of carbonyl (C=O) groups is 1. The van der Waals surface area contributed by atoms with Crippen LogP contribution in [0.3, 0.4) is 0 Å². The zero-order valence-electron chi connectivity index (χ0n) is 15.8. The molecule has 2 aromatic rings. The van der Waals surface area contributed by atoms with Gasteiger partial charge in [0, 0.05) is 43.2 Å². The highest BCUT2D eigenvalue weighted by molar-refractivity contribution is 5.72. The lowest BCUT2D eigenvalue weighted by atomic mass is 9.74. The van der Waals surface area contributed by atoms with Gasteiger partial charge in [-0.1, -0.05) is 0 Å². The Morgan fingerprint density at radius 1 is 1.30 bits per heavy atom. The van der Waals surface area contributed by atoms with Crippen molar-refractivity contribution in [2.24, 2.45) is 5.92 Å². The Morgan fingerprint density at radius 3 is 2.74 bits per heavy atom. The molecule has 0 aliphatic carbocycles. The Labute approximate surface area is 159 Å². The Morgan fingerprint density at radius 2 is 2.07 bits per heavy atom. The summed E-state index contributed by atoms with van der Waals surface area (Å²) in [5.74, 6) is 1.49. The van der Waals surface area contributed by atoms with Crippen molar-refractivity contribution in [3.63, 3.8) is 0 Å². The van der Waals surface area contributed by atoms with Crippen LogP contribution in [0.1, 0.15) is 37.2 Å². The molecule has 3 fully saturated rings. The smallest absolute Gasteiger partial charge is 0.216 e. The second kappa shape index (κ2) is 7.35. The van der Waals surface area contributed by atoms with E-state index in [1.165, 1.54) is 12.1 Å². The summed E-state index contributed by atoms with van der Waals surface area (Å²) in [5.41, 5.74) is 2.84. The number of piperidine rings is 3. The second-order valence-electron chi connectivity index (χ2n) is 7.71. The number of nitrogens with zero attached hydrogens (tertiary/aromatic N) is 3. The molecular formula is C21H25FN4O. The summed E-state index contributed by atoms with van der Waals surface area (Å²) in [6.45, 7) is 6.26. The van der Waals surface area contributed by atoms with Gasteiger partial charge in [-0.25, -0.2) is 14.4 Å². The maximum atomic E-state index is 13.2. The number of hydrogen-bond acceptors (Lipinski definition) is 4. The summed E-state index contributed by atoms with van der Waals surface area (Å²) >= 11 is 0. The van der Waals surface area contributed by atoms with Crippen molar-refractivity contribution in [2.75, 3.05) is 19.6 Å². The lowest BCUT2D eigenvalue weighted by Gasteiger charge is -2.49. The molecule has 3 aliphatic rings. The molecular weight excluding hydrogens is 343 g/mol. The van der Waals surface area contributed by atoms with Crippen LogP contribution in [0, 0.1) is 18.7 Å². The van der Waals surface area contributed by atoms with Crippen molar-refractivity contribution in [3.8, 4) is 11.3 Å². The average Bonchev–Trinajstić information content (AvgIpc) is 2.67. The third-order valence-electron chi connectivity index (χ3n) is 5.84. The first kappa shape index (κ1) is 18.0. The van der Waals surface area contributed by atoms with Crippen molar-refractivity contribution >= 4 is 5.91 Å². The quantitative estimate of drug-likeness (QED) is 0.902. The van der Waals surface area contributed by atoms with Gasteiger partial charge in [-0.05, 0) is 62.6 Å². The molecule has 27 heavy (non-hydrogen) atoms. The molecule has 1 aromatic heterocycles. The third-order valence-corrected chi connectivity index (χ3v) is 5.84. The molecule has 0 saturated carbocycles. The van der Waals surface area contributed by atoms with Crippen LogP contribution >= 0.6 is 0 Å². The highest BCUT2D eigenvalue weighted by Gasteiger charge is 2.41. The van der Waals surface area contributed by atoms with Gasteiger partial charge >= 0.3 is 0 Å². The largest absolute Gasteiger partial charge is 0.355 e. The minimum atomic E-state index is -0.243. The predicted molar refractivity (Wildman–Crippen MR) is 102 cm³/mol. The summed E-state index contributed by atoms with van der Waals surface area (Å²) in [5, 5.41) is 2.96. The molecule has 1 aromatic carbocycles. The molecule has 4 unspecified atom stereocenters. The minimum Gasteiger partial charge on any atom is -0.355 e. The van der Waals surface area contributed by atoms with Crippen LogP contribution in [-0.4, -0.2) is 46.5 Å². The number of nitrogens with one attached hydrogen (secondary N) is 1. The van der Waals surface area contributed by atoms with Crippen LogP contribution in [-0.2, 0) is 4.79 Å². The molecule has 6 heteroatoms. The fraction of sp³-hybridized carbons (Fsp3) is 0.476. The average molecular weight is 368 g/mol. The van der Waals surface area contributed by atoms with Crippen LogP contribution in [0.15, 0.2) is 30.3 Å². The number of benzene rings is 1. The molecule has 4 atom stereocenters. The number of fused-ring (bicyclic) bond motifs is 3. The highest BCUT2D eigenvalue weighted by atomic mass is 19.1. The Hall–Kier alpha value is -2.34. The number of carbonyl (C=O) groups excluding carboxylic acids is 1. The maximum Gasteiger partial charge on any atom is 0.216 e. The molecule has 5 rings (SSSR count). The van der Waals surface area contributed by atoms with E-state index >= 15 is 0 Å². The van der Waals surface area contributed by atoms with E-state index in [-0.39, 0.29) is 11.7 Å². The first-order valence-electron chi connectivity index (χ1n) is 9.59. The summed E-state index contributed by atoms with van der Waals surface area (Å²) < 4.78 is 13.2. The Balaban J connectivity index is 1.56. The van der Waals surface area contributed by atoms with E-state index < -0.39 is 0 Å². The summed E-state index contributed by atoms with van der Waals surface area (Å²) in [4.78, 5) is 23.0. The van der Waals surface area contributed by atoms with Gasteiger partial charge in [-0.2, -0.15) is 0 Å². The molecule has 2 bridgehead atoms. The molecule has 1 N–H and O–H groups in total. The molecule has 4 heterocycles. The van der Waals surface area contributed by atoms with Gasteiger partial charge in [0.05, 0.1) is 5.69 Å². The van der Waals surface area contributed by atoms with E-state index in [4.69, 9.17) is 4.98 Å². The number of amides is 1. The molecule has 142 valence electrons. The number of aryl methyl sites for hydroxylation is 1.